The number of alkyl halides is 1. The first-order valence-corrected chi connectivity index (χ1v) is 4.70. The molecule has 12 heavy (non-hydrogen) atoms. The van der Waals surface area contributed by atoms with Crippen molar-refractivity contribution in [2.45, 2.75) is 39.5 Å². The van der Waals surface area contributed by atoms with E-state index in [4.69, 9.17) is 11.6 Å². The molecular formula is C9H18ClNO. The van der Waals surface area contributed by atoms with E-state index in [0.29, 0.717) is 6.54 Å². The van der Waals surface area contributed by atoms with Gasteiger partial charge in [0.2, 0.25) is 5.91 Å². The molecule has 1 atom stereocenters. The molecule has 0 saturated heterocycles. The van der Waals surface area contributed by atoms with Crippen molar-refractivity contribution in [2.24, 2.45) is 5.41 Å². The van der Waals surface area contributed by atoms with Gasteiger partial charge in [-0.25, -0.2) is 0 Å². The Morgan fingerprint density at radius 3 is 2.33 bits per heavy atom. The van der Waals surface area contributed by atoms with E-state index < -0.39 is 0 Å². The predicted molar refractivity (Wildman–Crippen MR) is 52.4 cm³/mol. The van der Waals surface area contributed by atoms with Crippen LogP contribution in [0.3, 0.4) is 0 Å². The van der Waals surface area contributed by atoms with Gasteiger partial charge in [-0.05, 0) is 13.3 Å². The fourth-order valence-electron chi connectivity index (χ4n) is 0.650. The summed E-state index contributed by atoms with van der Waals surface area (Å²) in [5, 5.41) is 2.96. The molecule has 0 aromatic heterocycles. The molecule has 1 amide bonds. The van der Waals surface area contributed by atoms with Crippen molar-refractivity contribution < 1.29 is 4.79 Å². The normalized spacial score (nSPS) is 14.1. The Morgan fingerprint density at radius 1 is 1.50 bits per heavy atom. The lowest BCUT2D eigenvalue weighted by atomic mass is 9.96. The van der Waals surface area contributed by atoms with E-state index in [0.717, 1.165) is 6.42 Å². The van der Waals surface area contributed by atoms with Gasteiger partial charge in [0.25, 0.3) is 0 Å². The van der Waals surface area contributed by atoms with E-state index in [1.165, 1.54) is 0 Å². The number of hydrogen-bond acceptors (Lipinski definition) is 1. The maximum absolute atomic E-state index is 11.3. The van der Waals surface area contributed by atoms with Crippen LogP contribution in [0, 0.1) is 5.41 Å². The third-order valence-corrected chi connectivity index (χ3v) is 1.73. The molecule has 0 spiro atoms. The van der Waals surface area contributed by atoms with E-state index in [-0.39, 0.29) is 16.7 Å². The molecular weight excluding hydrogens is 174 g/mol. The first-order chi connectivity index (χ1) is 5.34. The topological polar surface area (TPSA) is 29.1 Å². The molecule has 0 aliphatic rings. The van der Waals surface area contributed by atoms with Gasteiger partial charge in [-0.2, -0.15) is 0 Å². The molecule has 0 aliphatic heterocycles. The lowest BCUT2D eigenvalue weighted by Gasteiger charge is -2.17. The molecule has 0 aromatic rings. The molecule has 3 heteroatoms. The second-order valence-corrected chi connectivity index (χ2v) is 4.82. The van der Waals surface area contributed by atoms with Crippen molar-refractivity contribution >= 4 is 17.5 Å². The van der Waals surface area contributed by atoms with Crippen LogP contribution in [-0.4, -0.2) is 17.8 Å². The molecule has 72 valence electrons. The summed E-state index contributed by atoms with van der Waals surface area (Å²) < 4.78 is 0. The highest BCUT2D eigenvalue weighted by Crippen LogP contribution is 2.12. The Bertz CT molecular complexity index is 149. The highest BCUT2D eigenvalue weighted by atomic mass is 35.5. The molecule has 2 nitrogen and oxygen atoms in total. The smallest absolute Gasteiger partial charge is 0.225 e. The third kappa shape index (κ3) is 5.42. The Balaban J connectivity index is 3.59. The molecule has 0 fully saturated rings. The van der Waals surface area contributed by atoms with Gasteiger partial charge in [-0.3, -0.25) is 4.79 Å². The van der Waals surface area contributed by atoms with Gasteiger partial charge in [0.1, 0.15) is 0 Å². The fourth-order valence-corrected chi connectivity index (χ4v) is 0.759. The molecule has 0 aromatic carbocycles. The summed E-state index contributed by atoms with van der Waals surface area (Å²) in [6.07, 6.45) is 0.823. The SMILES string of the molecule is CC(Cl)CCNC(=O)C(C)(C)C. The second-order valence-electron chi connectivity index (χ2n) is 4.08. The third-order valence-electron chi connectivity index (χ3n) is 1.51. The number of carbonyl (C=O) groups excluding carboxylic acids is 1. The number of carbonyl (C=O) groups is 1. The largest absolute Gasteiger partial charge is 0.356 e. The van der Waals surface area contributed by atoms with Crippen molar-refractivity contribution in [3.8, 4) is 0 Å². The van der Waals surface area contributed by atoms with Crippen molar-refractivity contribution in [3.05, 3.63) is 0 Å². The van der Waals surface area contributed by atoms with Crippen molar-refractivity contribution in [2.75, 3.05) is 6.54 Å². The van der Waals surface area contributed by atoms with E-state index >= 15 is 0 Å². The Morgan fingerprint density at radius 2 is 2.00 bits per heavy atom. The molecule has 0 heterocycles. The standard InChI is InChI=1S/C9H18ClNO/c1-7(10)5-6-11-8(12)9(2,3)4/h7H,5-6H2,1-4H3,(H,11,12). The van der Waals surface area contributed by atoms with Gasteiger partial charge in [0, 0.05) is 17.3 Å². The molecule has 1 unspecified atom stereocenters. The Kier molecular flexibility index (Phi) is 4.61. The number of nitrogens with one attached hydrogen (secondary N) is 1. The number of hydrogen-bond donors (Lipinski definition) is 1. The summed E-state index contributed by atoms with van der Waals surface area (Å²) in [6, 6.07) is 0. The van der Waals surface area contributed by atoms with Crippen molar-refractivity contribution in [1.82, 2.24) is 5.32 Å². The summed E-state index contributed by atoms with van der Waals surface area (Å²) in [7, 11) is 0. The van der Waals surface area contributed by atoms with Gasteiger partial charge < -0.3 is 5.32 Å². The average molecular weight is 192 g/mol. The number of amides is 1. The van der Waals surface area contributed by atoms with Crippen LogP contribution in [0.25, 0.3) is 0 Å². The summed E-state index contributed by atoms with van der Waals surface area (Å²) in [5.41, 5.74) is -0.296. The fraction of sp³-hybridized carbons (Fsp3) is 0.889. The second kappa shape index (κ2) is 4.70. The minimum atomic E-state index is -0.296. The maximum atomic E-state index is 11.3. The minimum Gasteiger partial charge on any atom is -0.356 e. The van der Waals surface area contributed by atoms with Gasteiger partial charge in [-0.15, -0.1) is 11.6 Å². The quantitative estimate of drug-likeness (QED) is 0.681. The zero-order valence-corrected chi connectivity index (χ0v) is 9.03. The van der Waals surface area contributed by atoms with Crippen LogP contribution in [0.4, 0.5) is 0 Å². The van der Waals surface area contributed by atoms with E-state index in [1.54, 1.807) is 0 Å². The van der Waals surface area contributed by atoms with Crippen LogP contribution < -0.4 is 5.32 Å². The van der Waals surface area contributed by atoms with E-state index in [2.05, 4.69) is 5.32 Å². The lowest BCUT2D eigenvalue weighted by Crippen LogP contribution is -2.35. The number of rotatable bonds is 3. The summed E-state index contributed by atoms with van der Waals surface area (Å²) in [4.78, 5) is 11.3. The molecule has 0 radical (unpaired) electrons. The van der Waals surface area contributed by atoms with Crippen LogP contribution in [0.2, 0.25) is 0 Å². The highest BCUT2D eigenvalue weighted by molar-refractivity contribution is 6.20. The van der Waals surface area contributed by atoms with Crippen LogP contribution >= 0.6 is 11.6 Å². The van der Waals surface area contributed by atoms with Crippen LogP contribution in [0.15, 0.2) is 0 Å². The zero-order chi connectivity index (χ0) is 9.78. The summed E-state index contributed by atoms with van der Waals surface area (Å²) in [6.45, 7) is 8.27. The van der Waals surface area contributed by atoms with Crippen LogP contribution in [0.1, 0.15) is 34.1 Å². The average Bonchev–Trinajstić information content (AvgIpc) is 1.84. The molecule has 1 N–H and O–H groups in total. The summed E-state index contributed by atoms with van der Waals surface area (Å²) >= 11 is 5.72. The molecule has 0 saturated carbocycles. The van der Waals surface area contributed by atoms with Crippen LogP contribution in [-0.2, 0) is 4.79 Å². The first-order valence-electron chi connectivity index (χ1n) is 4.26. The molecule has 0 bridgehead atoms. The van der Waals surface area contributed by atoms with Gasteiger partial charge in [-0.1, -0.05) is 20.8 Å². The zero-order valence-electron chi connectivity index (χ0n) is 8.28. The minimum absolute atomic E-state index is 0.0832. The van der Waals surface area contributed by atoms with E-state index in [1.807, 2.05) is 27.7 Å². The van der Waals surface area contributed by atoms with Crippen molar-refractivity contribution in [1.29, 1.82) is 0 Å². The van der Waals surface area contributed by atoms with Gasteiger partial charge >= 0.3 is 0 Å². The van der Waals surface area contributed by atoms with Crippen molar-refractivity contribution in [3.63, 3.8) is 0 Å². The van der Waals surface area contributed by atoms with Gasteiger partial charge in [0.15, 0.2) is 0 Å². The van der Waals surface area contributed by atoms with Crippen LogP contribution in [0.5, 0.6) is 0 Å². The van der Waals surface area contributed by atoms with Gasteiger partial charge in [0.05, 0.1) is 0 Å². The molecule has 0 aliphatic carbocycles. The monoisotopic (exact) mass is 191 g/mol. The first kappa shape index (κ1) is 11.8. The Labute approximate surface area is 79.7 Å². The Hall–Kier alpha value is -0.240. The summed E-state index contributed by atoms with van der Waals surface area (Å²) in [5.74, 6) is 0.0832. The number of halogens is 1. The highest BCUT2D eigenvalue weighted by Gasteiger charge is 2.20. The molecule has 0 rings (SSSR count). The maximum Gasteiger partial charge on any atom is 0.225 e. The lowest BCUT2D eigenvalue weighted by molar-refractivity contribution is -0.128. The van der Waals surface area contributed by atoms with E-state index in [9.17, 15) is 4.79 Å². The predicted octanol–water partition coefficient (Wildman–Crippen LogP) is 2.17.